The van der Waals surface area contributed by atoms with E-state index in [9.17, 15) is 5.11 Å². The van der Waals surface area contributed by atoms with Crippen LogP contribution < -0.4 is 0 Å². The van der Waals surface area contributed by atoms with Crippen LogP contribution in [-0.2, 0) is 0 Å². The SMILES string of the molecule is Oc1ccc(Cl)cc1C1N=C2C=CC=CC2S1. The Labute approximate surface area is 109 Å². The predicted octanol–water partition coefficient (Wildman–Crippen LogP) is 3.73. The minimum atomic E-state index is -0.0684. The Morgan fingerprint density at radius 1 is 1.29 bits per heavy atom. The van der Waals surface area contributed by atoms with Gasteiger partial charge in [-0.05, 0) is 24.3 Å². The summed E-state index contributed by atoms with van der Waals surface area (Å²) >= 11 is 7.66. The van der Waals surface area contributed by atoms with Gasteiger partial charge >= 0.3 is 0 Å². The monoisotopic (exact) mass is 263 g/mol. The van der Waals surface area contributed by atoms with Gasteiger partial charge in [-0.15, -0.1) is 11.8 Å². The van der Waals surface area contributed by atoms with Crippen molar-refractivity contribution in [1.82, 2.24) is 0 Å². The third-order valence-corrected chi connectivity index (χ3v) is 4.30. The van der Waals surface area contributed by atoms with E-state index in [1.54, 1.807) is 30.0 Å². The highest BCUT2D eigenvalue weighted by Crippen LogP contribution is 2.45. The molecule has 1 aliphatic carbocycles. The van der Waals surface area contributed by atoms with Gasteiger partial charge in [0.1, 0.15) is 11.1 Å². The molecule has 2 atom stereocenters. The highest BCUT2D eigenvalue weighted by molar-refractivity contribution is 8.01. The zero-order valence-electron chi connectivity index (χ0n) is 8.88. The number of rotatable bonds is 1. The smallest absolute Gasteiger partial charge is 0.125 e. The standard InChI is InChI=1S/C13H10ClNOS/c14-8-5-6-11(16)9(7-8)13-15-10-3-1-2-4-12(10)17-13/h1-7,12-13,16H. The molecule has 0 radical (unpaired) electrons. The summed E-state index contributed by atoms with van der Waals surface area (Å²) in [5.41, 5.74) is 1.84. The maximum atomic E-state index is 9.85. The summed E-state index contributed by atoms with van der Waals surface area (Å²) in [6, 6.07) is 5.08. The van der Waals surface area contributed by atoms with Gasteiger partial charge in [0.25, 0.3) is 0 Å². The van der Waals surface area contributed by atoms with Gasteiger partial charge in [0.05, 0.1) is 11.0 Å². The first kappa shape index (κ1) is 10.9. The van der Waals surface area contributed by atoms with Crippen molar-refractivity contribution in [2.24, 2.45) is 4.99 Å². The van der Waals surface area contributed by atoms with Crippen LogP contribution in [0.15, 0.2) is 47.5 Å². The Morgan fingerprint density at radius 3 is 3.00 bits per heavy atom. The number of halogens is 1. The van der Waals surface area contributed by atoms with Gasteiger partial charge in [-0.3, -0.25) is 4.99 Å². The third-order valence-electron chi connectivity index (χ3n) is 2.75. The fourth-order valence-electron chi connectivity index (χ4n) is 1.91. The lowest BCUT2D eigenvalue weighted by Crippen LogP contribution is -2.08. The van der Waals surface area contributed by atoms with Crippen LogP contribution in [0.5, 0.6) is 5.75 Å². The van der Waals surface area contributed by atoms with E-state index >= 15 is 0 Å². The molecule has 1 heterocycles. The second-order valence-corrected chi connectivity index (χ2v) is 5.57. The summed E-state index contributed by atoms with van der Waals surface area (Å²) in [6.45, 7) is 0. The van der Waals surface area contributed by atoms with Gasteiger partial charge in [0.15, 0.2) is 0 Å². The first-order chi connectivity index (χ1) is 8.24. The van der Waals surface area contributed by atoms with E-state index in [4.69, 9.17) is 11.6 Å². The lowest BCUT2D eigenvalue weighted by atomic mass is 10.1. The summed E-state index contributed by atoms with van der Waals surface area (Å²) in [7, 11) is 0. The lowest BCUT2D eigenvalue weighted by Gasteiger charge is -2.11. The van der Waals surface area contributed by atoms with E-state index in [0.29, 0.717) is 10.3 Å². The molecule has 0 spiro atoms. The van der Waals surface area contributed by atoms with Crippen LogP contribution in [0.4, 0.5) is 0 Å². The average molecular weight is 264 g/mol. The quantitative estimate of drug-likeness (QED) is 0.837. The molecule has 0 aromatic heterocycles. The number of nitrogens with zero attached hydrogens (tertiary/aromatic N) is 1. The van der Waals surface area contributed by atoms with Crippen LogP contribution in [0.1, 0.15) is 10.9 Å². The largest absolute Gasteiger partial charge is 0.508 e. The Morgan fingerprint density at radius 2 is 2.18 bits per heavy atom. The second-order valence-electron chi connectivity index (χ2n) is 3.91. The van der Waals surface area contributed by atoms with Crippen LogP contribution in [0.2, 0.25) is 5.02 Å². The summed E-state index contributed by atoms with van der Waals surface area (Å²) in [6.07, 6.45) is 8.14. The second kappa shape index (κ2) is 4.24. The minimum Gasteiger partial charge on any atom is -0.508 e. The molecule has 4 heteroatoms. The van der Waals surface area contributed by atoms with Gasteiger partial charge in [0, 0.05) is 10.6 Å². The van der Waals surface area contributed by atoms with E-state index in [1.165, 1.54) is 0 Å². The zero-order valence-corrected chi connectivity index (χ0v) is 10.4. The normalized spacial score (nSPS) is 25.8. The van der Waals surface area contributed by atoms with E-state index in [-0.39, 0.29) is 11.1 Å². The molecule has 1 aromatic carbocycles. The van der Waals surface area contributed by atoms with Gasteiger partial charge in [0.2, 0.25) is 0 Å². The topological polar surface area (TPSA) is 32.6 Å². The van der Waals surface area contributed by atoms with Gasteiger partial charge in [-0.2, -0.15) is 0 Å². The third kappa shape index (κ3) is 2.01. The van der Waals surface area contributed by atoms with Crippen molar-refractivity contribution in [2.75, 3.05) is 0 Å². The van der Waals surface area contributed by atoms with Crippen LogP contribution in [0.3, 0.4) is 0 Å². The molecule has 2 nitrogen and oxygen atoms in total. The van der Waals surface area contributed by atoms with Crippen LogP contribution in [-0.4, -0.2) is 16.1 Å². The lowest BCUT2D eigenvalue weighted by molar-refractivity contribution is 0.468. The first-order valence-corrected chi connectivity index (χ1v) is 6.62. The average Bonchev–Trinajstić information content (AvgIpc) is 2.75. The Hall–Kier alpha value is -1.19. The minimum absolute atomic E-state index is 0.0684. The molecule has 0 saturated heterocycles. The Kier molecular flexibility index (Phi) is 2.73. The molecule has 1 aliphatic heterocycles. The fourth-order valence-corrected chi connectivity index (χ4v) is 3.35. The number of fused-ring (bicyclic) bond motifs is 1. The van der Waals surface area contributed by atoms with E-state index in [2.05, 4.69) is 11.1 Å². The molecular weight excluding hydrogens is 254 g/mol. The van der Waals surface area contributed by atoms with Crippen molar-refractivity contribution in [2.45, 2.75) is 10.6 Å². The van der Waals surface area contributed by atoms with Crippen LogP contribution >= 0.6 is 23.4 Å². The van der Waals surface area contributed by atoms with E-state index in [1.807, 2.05) is 18.2 Å². The van der Waals surface area contributed by atoms with E-state index in [0.717, 1.165) is 11.3 Å². The molecule has 1 N–H and O–H groups in total. The van der Waals surface area contributed by atoms with Gasteiger partial charge < -0.3 is 5.11 Å². The molecule has 0 fully saturated rings. The van der Waals surface area contributed by atoms with Crippen molar-refractivity contribution < 1.29 is 5.11 Å². The summed E-state index contributed by atoms with van der Waals surface area (Å²) in [5, 5.41) is 10.7. The van der Waals surface area contributed by atoms with Gasteiger partial charge in [-0.25, -0.2) is 0 Å². The number of phenols is 1. The number of aromatic hydroxyl groups is 1. The highest BCUT2D eigenvalue weighted by atomic mass is 35.5. The molecule has 0 amide bonds. The maximum absolute atomic E-state index is 9.85. The van der Waals surface area contributed by atoms with E-state index < -0.39 is 0 Å². The van der Waals surface area contributed by atoms with Gasteiger partial charge in [-0.1, -0.05) is 29.8 Å². The molecule has 0 saturated carbocycles. The first-order valence-electron chi connectivity index (χ1n) is 5.30. The van der Waals surface area contributed by atoms with Crippen molar-refractivity contribution in [3.63, 3.8) is 0 Å². The number of benzene rings is 1. The number of phenolic OH excluding ortho intramolecular Hbond substituents is 1. The van der Waals surface area contributed by atoms with Crippen molar-refractivity contribution in [1.29, 1.82) is 0 Å². The Bertz CT molecular complexity index is 550. The van der Waals surface area contributed by atoms with Crippen LogP contribution in [0, 0.1) is 0 Å². The zero-order chi connectivity index (χ0) is 11.8. The molecule has 2 aliphatic rings. The molecular formula is C13H10ClNOS. The van der Waals surface area contributed by atoms with Crippen molar-refractivity contribution >= 4 is 29.1 Å². The molecule has 86 valence electrons. The van der Waals surface area contributed by atoms with Crippen molar-refractivity contribution in [3.8, 4) is 5.75 Å². The summed E-state index contributed by atoms with van der Waals surface area (Å²) < 4.78 is 0. The predicted molar refractivity (Wildman–Crippen MR) is 73.0 cm³/mol. The number of hydrogen-bond acceptors (Lipinski definition) is 3. The maximum Gasteiger partial charge on any atom is 0.125 e. The molecule has 1 aromatic rings. The van der Waals surface area contributed by atoms with Crippen molar-refractivity contribution in [3.05, 3.63) is 53.1 Å². The number of aliphatic imine (C=N–C) groups is 1. The molecule has 17 heavy (non-hydrogen) atoms. The van der Waals surface area contributed by atoms with Crippen LogP contribution in [0.25, 0.3) is 0 Å². The summed E-state index contributed by atoms with van der Waals surface area (Å²) in [5.74, 6) is 0.253. The number of thioether (sulfide) groups is 1. The number of hydrogen-bond donors (Lipinski definition) is 1. The fraction of sp³-hybridized carbons (Fsp3) is 0.154. The number of allylic oxidation sites excluding steroid dienone is 3. The highest BCUT2D eigenvalue weighted by Gasteiger charge is 2.29. The Balaban J connectivity index is 1.97. The summed E-state index contributed by atoms with van der Waals surface area (Å²) in [4.78, 5) is 4.61. The molecule has 0 bridgehead atoms. The molecule has 3 rings (SSSR count). The molecule has 2 unspecified atom stereocenters.